The summed E-state index contributed by atoms with van der Waals surface area (Å²) >= 11 is 0. The lowest BCUT2D eigenvalue weighted by Crippen LogP contribution is -2.26. The molecule has 4 aromatic carbocycles. The van der Waals surface area contributed by atoms with Gasteiger partial charge in [-0.3, -0.25) is 0 Å². The van der Waals surface area contributed by atoms with Gasteiger partial charge in [-0.15, -0.1) is 0 Å². The highest BCUT2D eigenvalue weighted by molar-refractivity contribution is 7.73. The number of fused-ring (bicyclic) bond motifs is 2. The smallest absolute Gasteiger partial charge is 0.0237 e. The average molecular weight is 595 g/mol. The van der Waals surface area contributed by atoms with Gasteiger partial charge in [0.1, 0.15) is 0 Å². The highest BCUT2D eigenvalue weighted by Crippen LogP contribution is 2.38. The molecule has 1 aliphatic heterocycles. The van der Waals surface area contributed by atoms with Crippen molar-refractivity contribution in [1.82, 2.24) is 9.80 Å². The number of benzene rings is 4. The fraction of sp³-hybridized carbons (Fsp3) is 0.368. The minimum atomic E-state index is -0.351. The van der Waals surface area contributed by atoms with Crippen molar-refractivity contribution >= 4 is 37.1 Å². The van der Waals surface area contributed by atoms with Crippen LogP contribution >= 0.6 is 15.8 Å². The first-order valence-electron chi connectivity index (χ1n) is 15.9. The van der Waals surface area contributed by atoms with Crippen LogP contribution in [0.2, 0.25) is 0 Å². The lowest BCUT2D eigenvalue weighted by Gasteiger charge is -2.26. The molecule has 0 aliphatic carbocycles. The molecule has 0 amide bonds. The maximum absolute atomic E-state index is 2.56. The SMILES string of the molecule is CN1CCCCCP(c2ccccc2)c2ccccc2CN(C)CCCCCP(c2ccccc2)c2ccccc2C1. The fourth-order valence-electron chi connectivity index (χ4n) is 6.21. The zero-order valence-electron chi connectivity index (χ0n) is 25.7. The number of nitrogens with zero attached hydrogens (tertiary/aromatic N) is 2. The molecule has 2 unspecified atom stereocenters. The third kappa shape index (κ3) is 8.84. The molecule has 220 valence electrons. The summed E-state index contributed by atoms with van der Waals surface area (Å²) in [5, 5.41) is 6.21. The molecular weight excluding hydrogens is 546 g/mol. The average Bonchev–Trinajstić information content (AvgIpc) is 3.02. The second-order valence-electron chi connectivity index (χ2n) is 11.8. The monoisotopic (exact) mass is 594 g/mol. The third-order valence-corrected chi connectivity index (χ3v) is 13.8. The van der Waals surface area contributed by atoms with Gasteiger partial charge in [0.2, 0.25) is 0 Å². The molecule has 2 nitrogen and oxygen atoms in total. The largest absolute Gasteiger partial charge is 0.302 e. The zero-order valence-corrected chi connectivity index (χ0v) is 27.5. The van der Waals surface area contributed by atoms with Crippen LogP contribution in [0.1, 0.15) is 49.7 Å². The fourth-order valence-corrected chi connectivity index (χ4v) is 11.4. The van der Waals surface area contributed by atoms with Crippen molar-refractivity contribution in [3.8, 4) is 0 Å². The van der Waals surface area contributed by atoms with Gasteiger partial charge in [-0.2, -0.15) is 0 Å². The van der Waals surface area contributed by atoms with Crippen LogP contribution in [0.3, 0.4) is 0 Å². The Hall–Kier alpha value is -2.34. The molecule has 0 spiro atoms. The number of rotatable bonds is 2. The van der Waals surface area contributed by atoms with Gasteiger partial charge < -0.3 is 9.80 Å². The van der Waals surface area contributed by atoms with Crippen LogP contribution in [0.25, 0.3) is 0 Å². The van der Waals surface area contributed by atoms with E-state index in [0.29, 0.717) is 0 Å². The first kappa shape index (κ1) is 31.1. The predicted molar refractivity (Wildman–Crippen MR) is 188 cm³/mol. The zero-order chi connectivity index (χ0) is 29.0. The van der Waals surface area contributed by atoms with E-state index in [4.69, 9.17) is 0 Å². The van der Waals surface area contributed by atoms with E-state index in [9.17, 15) is 0 Å². The minimum Gasteiger partial charge on any atom is -0.302 e. The van der Waals surface area contributed by atoms with Crippen molar-refractivity contribution in [2.24, 2.45) is 0 Å². The first-order valence-corrected chi connectivity index (χ1v) is 18.9. The third-order valence-electron chi connectivity index (χ3n) is 8.42. The standard InChI is InChI=1S/C38H48N2P2/c1-39-27-15-5-17-29-42(36-23-9-4-10-24-36)38-26-14-12-20-34(38)32-40(2)28-16-6-18-30-41(35-21-7-3-8-22-35)37-25-13-11-19-33(37)31-39/h3-4,7-14,19-26H,5-6,15-18,27-32H2,1-2H3. The summed E-state index contributed by atoms with van der Waals surface area (Å²) in [6, 6.07) is 41.3. The normalized spacial score (nSPS) is 20.7. The van der Waals surface area contributed by atoms with Crippen molar-refractivity contribution in [3.63, 3.8) is 0 Å². The van der Waals surface area contributed by atoms with Crippen molar-refractivity contribution in [3.05, 3.63) is 120 Å². The molecule has 4 aromatic rings. The molecule has 5 rings (SSSR count). The van der Waals surface area contributed by atoms with Crippen LogP contribution in [-0.4, -0.2) is 49.3 Å². The summed E-state index contributed by atoms with van der Waals surface area (Å²) in [5.74, 6) is 0. The number of hydrogen-bond donors (Lipinski definition) is 0. The van der Waals surface area contributed by atoms with Gasteiger partial charge in [-0.25, -0.2) is 0 Å². The lowest BCUT2D eigenvalue weighted by atomic mass is 10.2. The van der Waals surface area contributed by atoms with Gasteiger partial charge in [0.25, 0.3) is 0 Å². The maximum Gasteiger partial charge on any atom is 0.0237 e. The van der Waals surface area contributed by atoms with E-state index in [1.165, 1.54) is 72.6 Å². The van der Waals surface area contributed by atoms with Crippen molar-refractivity contribution in [1.29, 1.82) is 0 Å². The van der Waals surface area contributed by atoms with Crippen molar-refractivity contribution < 1.29 is 0 Å². The van der Waals surface area contributed by atoms with E-state index in [-0.39, 0.29) is 15.8 Å². The van der Waals surface area contributed by atoms with E-state index in [0.717, 1.165) is 26.2 Å². The Morgan fingerprint density at radius 3 is 1.24 bits per heavy atom. The molecule has 0 bridgehead atoms. The summed E-state index contributed by atoms with van der Waals surface area (Å²) < 4.78 is 0. The van der Waals surface area contributed by atoms with Crippen molar-refractivity contribution in [2.75, 3.05) is 39.5 Å². The Morgan fingerprint density at radius 1 is 0.429 bits per heavy atom. The molecule has 2 atom stereocenters. The second kappa shape index (κ2) is 16.5. The molecule has 0 saturated carbocycles. The van der Waals surface area contributed by atoms with E-state index < -0.39 is 0 Å². The summed E-state index contributed by atoms with van der Waals surface area (Å²) in [4.78, 5) is 5.11. The molecule has 0 fully saturated rings. The van der Waals surface area contributed by atoms with Gasteiger partial charge in [0.15, 0.2) is 0 Å². The predicted octanol–water partition coefficient (Wildman–Crippen LogP) is 7.47. The molecular formula is C38H48N2P2. The summed E-state index contributed by atoms with van der Waals surface area (Å²) in [6.07, 6.45) is 10.2. The van der Waals surface area contributed by atoms with Gasteiger partial charge in [0, 0.05) is 13.1 Å². The van der Waals surface area contributed by atoms with Crippen LogP contribution in [0.15, 0.2) is 109 Å². The Balaban J connectivity index is 1.36. The minimum absolute atomic E-state index is 0.351. The van der Waals surface area contributed by atoms with Gasteiger partial charge >= 0.3 is 0 Å². The molecule has 1 aliphatic rings. The van der Waals surface area contributed by atoms with Crippen LogP contribution in [0, 0.1) is 0 Å². The summed E-state index contributed by atoms with van der Waals surface area (Å²) in [6.45, 7) is 4.39. The molecule has 0 N–H and O–H groups in total. The van der Waals surface area contributed by atoms with Crippen LogP contribution in [0.5, 0.6) is 0 Å². The lowest BCUT2D eigenvalue weighted by molar-refractivity contribution is 0.318. The molecule has 0 aromatic heterocycles. The Labute approximate surface area is 257 Å². The van der Waals surface area contributed by atoms with Crippen molar-refractivity contribution in [2.45, 2.75) is 51.6 Å². The van der Waals surface area contributed by atoms with E-state index >= 15 is 0 Å². The Bertz CT molecular complexity index is 1240. The second-order valence-corrected chi connectivity index (χ2v) is 16.4. The van der Waals surface area contributed by atoms with Crippen LogP contribution < -0.4 is 21.2 Å². The topological polar surface area (TPSA) is 6.48 Å². The summed E-state index contributed by atoms with van der Waals surface area (Å²) in [7, 11) is 3.93. The molecule has 42 heavy (non-hydrogen) atoms. The first-order chi connectivity index (χ1) is 20.7. The summed E-state index contributed by atoms with van der Waals surface area (Å²) in [5.41, 5.74) is 3.04. The van der Waals surface area contributed by atoms with E-state index in [2.05, 4.69) is 133 Å². The molecule has 0 saturated heterocycles. The van der Waals surface area contributed by atoms with Gasteiger partial charge in [-0.1, -0.05) is 122 Å². The van der Waals surface area contributed by atoms with E-state index in [1.807, 2.05) is 0 Å². The highest BCUT2D eigenvalue weighted by Gasteiger charge is 2.20. The van der Waals surface area contributed by atoms with Gasteiger partial charge in [0.05, 0.1) is 0 Å². The van der Waals surface area contributed by atoms with Gasteiger partial charge in [-0.05, 0) is 113 Å². The quantitative estimate of drug-likeness (QED) is 0.222. The number of hydrogen-bond acceptors (Lipinski definition) is 2. The molecule has 4 heteroatoms. The van der Waals surface area contributed by atoms with Crippen LogP contribution in [0.4, 0.5) is 0 Å². The maximum atomic E-state index is 2.56. The highest BCUT2D eigenvalue weighted by atomic mass is 31.1. The molecule has 1 heterocycles. The molecule has 0 radical (unpaired) electrons. The van der Waals surface area contributed by atoms with Crippen LogP contribution in [-0.2, 0) is 13.1 Å². The van der Waals surface area contributed by atoms with E-state index in [1.54, 1.807) is 10.6 Å². The Morgan fingerprint density at radius 2 is 0.810 bits per heavy atom. The Kier molecular flexibility index (Phi) is 12.2.